The second-order valence-corrected chi connectivity index (χ2v) is 9.47. The van der Waals surface area contributed by atoms with Crippen LogP contribution in [-0.4, -0.2) is 28.0 Å². The number of thiophene rings is 1. The van der Waals surface area contributed by atoms with Crippen LogP contribution in [0.25, 0.3) is 32.5 Å². The Morgan fingerprint density at radius 3 is 2.57 bits per heavy atom. The molecule has 0 saturated carbocycles. The zero-order valence-electron chi connectivity index (χ0n) is 17.5. The first-order valence-electron chi connectivity index (χ1n) is 10.6. The molecule has 6 heteroatoms. The van der Waals surface area contributed by atoms with Crippen molar-refractivity contribution in [3.63, 3.8) is 0 Å². The van der Waals surface area contributed by atoms with E-state index >= 15 is 0 Å². The van der Waals surface area contributed by atoms with Gasteiger partial charge in [-0.2, -0.15) is 5.26 Å². The van der Waals surface area contributed by atoms with E-state index in [4.69, 9.17) is 0 Å². The third-order valence-electron chi connectivity index (χ3n) is 6.26. The molecule has 1 aliphatic heterocycles. The Kier molecular flexibility index (Phi) is 4.80. The predicted molar refractivity (Wildman–Crippen MR) is 123 cm³/mol. The Labute approximate surface area is 180 Å². The number of hydrogen-bond acceptors (Lipinski definition) is 5. The lowest BCUT2D eigenvalue weighted by molar-refractivity contribution is 0.464. The molecule has 0 radical (unpaired) electrons. The number of nitrogens with zero attached hydrogens (tertiary/aromatic N) is 3. The third kappa shape index (κ3) is 2.92. The quantitative estimate of drug-likeness (QED) is 0.456. The number of nitrogens with one attached hydrogen (secondary N) is 2. The molecule has 1 aromatic carbocycles. The molecule has 1 fully saturated rings. The number of rotatable bonds is 3. The highest BCUT2D eigenvalue weighted by atomic mass is 32.1. The van der Waals surface area contributed by atoms with Crippen molar-refractivity contribution in [1.29, 1.82) is 5.26 Å². The van der Waals surface area contributed by atoms with Crippen LogP contribution in [0.4, 0.5) is 0 Å². The van der Waals surface area contributed by atoms with Crippen molar-refractivity contribution in [2.75, 3.05) is 13.1 Å². The molecule has 4 heterocycles. The van der Waals surface area contributed by atoms with E-state index in [1.165, 1.54) is 39.1 Å². The van der Waals surface area contributed by atoms with Gasteiger partial charge in [-0.1, -0.05) is 13.8 Å². The number of aromatic nitrogens is 3. The molecule has 1 saturated heterocycles. The zero-order valence-corrected chi connectivity index (χ0v) is 18.4. The number of piperidine rings is 1. The molecule has 4 aromatic rings. The fourth-order valence-corrected chi connectivity index (χ4v) is 6.26. The van der Waals surface area contributed by atoms with E-state index in [2.05, 4.69) is 47.1 Å². The van der Waals surface area contributed by atoms with Crippen LogP contribution in [0.3, 0.4) is 0 Å². The van der Waals surface area contributed by atoms with Crippen LogP contribution in [0.5, 0.6) is 0 Å². The van der Waals surface area contributed by atoms with Crippen LogP contribution in [0, 0.1) is 18.3 Å². The molecule has 5 nitrogen and oxygen atoms in total. The summed E-state index contributed by atoms with van der Waals surface area (Å²) in [6, 6.07) is 6.12. The summed E-state index contributed by atoms with van der Waals surface area (Å²) in [6.45, 7) is 9.01. The molecule has 0 bridgehead atoms. The van der Waals surface area contributed by atoms with E-state index in [0.29, 0.717) is 22.9 Å². The molecule has 0 aliphatic carbocycles. The summed E-state index contributed by atoms with van der Waals surface area (Å²) in [6.07, 6.45) is 5.78. The Bertz CT molecular complexity index is 1280. The van der Waals surface area contributed by atoms with Crippen molar-refractivity contribution >= 4 is 32.6 Å². The maximum absolute atomic E-state index is 9.48. The van der Waals surface area contributed by atoms with Gasteiger partial charge < -0.3 is 10.3 Å². The van der Waals surface area contributed by atoms with Crippen LogP contribution >= 0.6 is 11.3 Å². The average molecular weight is 416 g/mol. The summed E-state index contributed by atoms with van der Waals surface area (Å²) in [5.41, 5.74) is 6.91. The summed E-state index contributed by atoms with van der Waals surface area (Å²) < 4.78 is 0. The van der Waals surface area contributed by atoms with Crippen molar-refractivity contribution in [3.05, 3.63) is 46.1 Å². The number of fused-ring (bicyclic) bond motifs is 2. The number of aromatic amines is 1. The van der Waals surface area contributed by atoms with E-state index in [1.54, 1.807) is 12.4 Å². The molecule has 0 unspecified atom stereocenters. The Hall–Kier alpha value is -2.75. The maximum atomic E-state index is 9.48. The van der Waals surface area contributed by atoms with Crippen molar-refractivity contribution in [2.45, 2.75) is 45.4 Å². The fraction of sp³-hybridized carbons (Fsp3) is 0.375. The first-order valence-corrected chi connectivity index (χ1v) is 11.4. The van der Waals surface area contributed by atoms with Gasteiger partial charge in [-0.15, -0.1) is 11.3 Å². The number of hydrogen-bond donors (Lipinski definition) is 2. The van der Waals surface area contributed by atoms with Crippen LogP contribution in [-0.2, 0) is 0 Å². The first kappa shape index (κ1) is 19.2. The topological polar surface area (TPSA) is 77.4 Å². The minimum Gasteiger partial charge on any atom is -0.346 e. The van der Waals surface area contributed by atoms with Crippen LogP contribution in [0.2, 0.25) is 0 Å². The van der Waals surface area contributed by atoms with Gasteiger partial charge in [0.15, 0.2) is 0 Å². The lowest BCUT2D eigenvalue weighted by Crippen LogP contribution is -2.26. The van der Waals surface area contributed by atoms with E-state index in [0.717, 1.165) is 29.9 Å². The largest absolute Gasteiger partial charge is 0.346 e. The van der Waals surface area contributed by atoms with Crippen molar-refractivity contribution in [2.24, 2.45) is 0 Å². The molecule has 5 rings (SSSR count). The lowest BCUT2D eigenvalue weighted by Gasteiger charge is -2.22. The normalized spacial score (nSPS) is 15.3. The van der Waals surface area contributed by atoms with Gasteiger partial charge in [0.25, 0.3) is 0 Å². The predicted octanol–water partition coefficient (Wildman–Crippen LogP) is 5.61. The minimum absolute atomic E-state index is 0.366. The molecule has 0 atom stereocenters. The summed E-state index contributed by atoms with van der Waals surface area (Å²) in [7, 11) is 0. The first-order chi connectivity index (χ1) is 14.6. The highest BCUT2D eigenvalue weighted by molar-refractivity contribution is 7.19. The average Bonchev–Trinajstić information content (AvgIpc) is 3.30. The molecular weight excluding hydrogens is 390 g/mol. The van der Waals surface area contributed by atoms with Crippen LogP contribution in [0.1, 0.15) is 60.1 Å². The smallest absolute Gasteiger partial charge is 0.107 e. The number of benzene rings is 1. The van der Waals surface area contributed by atoms with Crippen molar-refractivity contribution in [1.82, 2.24) is 20.3 Å². The summed E-state index contributed by atoms with van der Waals surface area (Å²) in [4.78, 5) is 15.6. The zero-order chi connectivity index (χ0) is 20.8. The van der Waals surface area contributed by atoms with E-state index in [1.807, 2.05) is 23.5 Å². The monoisotopic (exact) mass is 415 g/mol. The number of aryl methyl sites for hydroxylation is 1. The minimum atomic E-state index is 0.366. The molecule has 3 aromatic heterocycles. The maximum Gasteiger partial charge on any atom is 0.107 e. The third-order valence-corrected chi connectivity index (χ3v) is 7.63. The molecule has 30 heavy (non-hydrogen) atoms. The second kappa shape index (κ2) is 7.50. The Balaban J connectivity index is 1.74. The summed E-state index contributed by atoms with van der Waals surface area (Å²) in [5, 5.41) is 14.3. The number of H-pyrrole nitrogens is 1. The highest BCUT2D eigenvalue weighted by Crippen LogP contribution is 2.46. The second-order valence-electron chi connectivity index (χ2n) is 8.41. The van der Waals surface area contributed by atoms with Gasteiger partial charge >= 0.3 is 0 Å². The van der Waals surface area contributed by atoms with Crippen LogP contribution < -0.4 is 5.32 Å². The lowest BCUT2D eigenvalue weighted by atomic mass is 9.90. The molecule has 0 amide bonds. The Morgan fingerprint density at radius 1 is 1.13 bits per heavy atom. The van der Waals surface area contributed by atoms with Gasteiger partial charge in [0.05, 0.1) is 16.8 Å². The standard InChI is InChI=1S/C24H25N5S/c1-13(2)18-19-14(3)23(15-6-8-26-9-7-15)30-24(19)29-21(18)17-5-4-16(12-25)20-22(17)28-11-10-27-20/h4-5,10-11,13,15,26,29H,6-9H2,1-3H3. The van der Waals surface area contributed by atoms with Gasteiger partial charge in [0.2, 0.25) is 0 Å². The highest BCUT2D eigenvalue weighted by Gasteiger charge is 2.26. The van der Waals surface area contributed by atoms with Crippen molar-refractivity contribution < 1.29 is 0 Å². The fourth-order valence-electron chi connectivity index (χ4n) is 4.86. The molecule has 0 spiro atoms. The SMILES string of the molecule is Cc1c(C2CCNCC2)sc2[nH]c(-c3ccc(C#N)c4nccnc34)c(C(C)C)c12. The van der Waals surface area contributed by atoms with Crippen molar-refractivity contribution in [3.8, 4) is 17.3 Å². The van der Waals surface area contributed by atoms with E-state index in [-0.39, 0.29) is 0 Å². The van der Waals surface area contributed by atoms with Gasteiger partial charge in [0, 0.05) is 28.2 Å². The van der Waals surface area contributed by atoms with E-state index < -0.39 is 0 Å². The van der Waals surface area contributed by atoms with Crippen LogP contribution in [0.15, 0.2) is 24.5 Å². The van der Waals surface area contributed by atoms with Gasteiger partial charge in [-0.05, 0) is 68.0 Å². The molecule has 152 valence electrons. The molecular formula is C24H25N5S. The van der Waals surface area contributed by atoms with Gasteiger partial charge in [0.1, 0.15) is 16.4 Å². The molecule has 1 aliphatic rings. The Morgan fingerprint density at radius 2 is 1.87 bits per heavy atom. The summed E-state index contributed by atoms with van der Waals surface area (Å²) in [5.74, 6) is 1.02. The summed E-state index contributed by atoms with van der Waals surface area (Å²) >= 11 is 1.92. The van der Waals surface area contributed by atoms with Gasteiger partial charge in [-0.25, -0.2) is 0 Å². The molecule has 2 N–H and O–H groups in total. The number of nitriles is 1. The van der Waals surface area contributed by atoms with Gasteiger partial charge in [-0.3, -0.25) is 9.97 Å². The van der Waals surface area contributed by atoms with E-state index in [9.17, 15) is 5.26 Å².